The predicted octanol–water partition coefficient (Wildman–Crippen LogP) is 2.44. The maximum absolute atomic E-state index is 13.3. The highest BCUT2D eigenvalue weighted by Crippen LogP contribution is 2.25. The Morgan fingerprint density at radius 1 is 1.24 bits per heavy atom. The molecule has 1 aromatic carbocycles. The minimum Gasteiger partial charge on any atom is -0.351 e. The average Bonchev–Trinajstić information content (AvgIpc) is 2.87. The van der Waals surface area contributed by atoms with Gasteiger partial charge in [0.1, 0.15) is 5.82 Å². The zero-order valence-corrected chi connectivity index (χ0v) is 12.2. The molecule has 0 saturated carbocycles. The molecular formula is C15H18F2N4. The smallest absolute Gasteiger partial charge is 0.161 e. The first-order valence-electron chi connectivity index (χ1n) is 7.08. The van der Waals surface area contributed by atoms with Crippen LogP contribution in [-0.2, 0) is 0 Å². The van der Waals surface area contributed by atoms with Crippen molar-refractivity contribution >= 4 is 16.9 Å². The van der Waals surface area contributed by atoms with Crippen LogP contribution < -0.4 is 4.90 Å². The second-order valence-corrected chi connectivity index (χ2v) is 5.73. The Kier molecular flexibility index (Phi) is 3.71. The monoisotopic (exact) mass is 292 g/mol. The van der Waals surface area contributed by atoms with E-state index in [1.165, 1.54) is 0 Å². The number of halogens is 2. The summed E-state index contributed by atoms with van der Waals surface area (Å²) < 4.78 is 26.5. The molecular weight excluding hydrogens is 274 g/mol. The molecule has 0 bridgehead atoms. The zero-order chi connectivity index (χ0) is 15.0. The summed E-state index contributed by atoms with van der Waals surface area (Å²) in [5.41, 5.74) is 0.767. The largest absolute Gasteiger partial charge is 0.351 e. The first kappa shape index (κ1) is 14.1. The average molecular weight is 292 g/mol. The van der Waals surface area contributed by atoms with E-state index in [2.05, 4.69) is 19.8 Å². The number of rotatable bonds is 3. The predicted molar refractivity (Wildman–Crippen MR) is 78.4 cm³/mol. The van der Waals surface area contributed by atoms with E-state index in [-0.39, 0.29) is 0 Å². The first-order chi connectivity index (χ1) is 10.0. The summed E-state index contributed by atoms with van der Waals surface area (Å²) >= 11 is 0. The van der Waals surface area contributed by atoms with Crippen molar-refractivity contribution < 1.29 is 8.78 Å². The van der Waals surface area contributed by atoms with E-state index in [0.717, 1.165) is 43.9 Å². The molecule has 3 rings (SSSR count). The second kappa shape index (κ2) is 5.52. The Balaban J connectivity index is 1.95. The van der Waals surface area contributed by atoms with Crippen LogP contribution in [0.5, 0.6) is 0 Å². The third kappa shape index (κ3) is 2.81. The van der Waals surface area contributed by atoms with Gasteiger partial charge in [-0.3, -0.25) is 4.98 Å². The molecule has 1 saturated heterocycles. The van der Waals surface area contributed by atoms with Crippen molar-refractivity contribution in [3.8, 4) is 0 Å². The molecule has 0 amide bonds. The van der Waals surface area contributed by atoms with Gasteiger partial charge in [-0.15, -0.1) is 0 Å². The number of benzene rings is 1. The molecule has 2 heterocycles. The van der Waals surface area contributed by atoms with E-state index >= 15 is 0 Å². The molecule has 112 valence electrons. The summed E-state index contributed by atoms with van der Waals surface area (Å²) in [5.74, 6) is -1.05. The Labute approximate surface area is 122 Å². The molecule has 0 radical (unpaired) electrons. The quantitative estimate of drug-likeness (QED) is 0.870. The maximum atomic E-state index is 13.3. The van der Waals surface area contributed by atoms with E-state index in [1.54, 1.807) is 6.20 Å². The molecule has 1 atom stereocenters. The normalized spacial score (nSPS) is 18.9. The molecule has 6 heteroatoms. The molecule has 1 aliphatic heterocycles. The van der Waals surface area contributed by atoms with Gasteiger partial charge in [-0.1, -0.05) is 0 Å². The van der Waals surface area contributed by atoms with E-state index in [9.17, 15) is 8.78 Å². The molecule has 0 N–H and O–H groups in total. The molecule has 2 aromatic rings. The van der Waals surface area contributed by atoms with Crippen molar-refractivity contribution in [1.82, 2.24) is 14.9 Å². The van der Waals surface area contributed by atoms with Crippen LogP contribution in [0.3, 0.4) is 0 Å². The lowest BCUT2D eigenvalue weighted by Gasteiger charge is -2.27. The van der Waals surface area contributed by atoms with E-state index in [1.807, 2.05) is 14.1 Å². The Hall–Kier alpha value is -1.82. The lowest BCUT2D eigenvalue weighted by Crippen LogP contribution is -2.38. The van der Waals surface area contributed by atoms with Crippen LogP contribution in [0.1, 0.15) is 12.8 Å². The number of nitrogens with zero attached hydrogens (tertiary/aromatic N) is 4. The SMILES string of the molecule is CN(C)CC1CCCN1c1cnc2cc(F)c(F)cc2n1. The fourth-order valence-electron chi connectivity index (χ4n) is 2.89. The summed E-state index contributed by atoms with van der Waals surface area (Å²) in [4.78, 5) is 13.0. The molecule has 0 aliphatic carbocycles. The topological polar surface area (TPSA) is 32.3 Å². The molecule has 4 nitrogen and oxygen atoms in total. The standard InChI is InChI=1S/C15H18F2N4/c1-20(2)9-10-4-3-5-21(10)15-8-18-13-6-11(16)12(17)7-14(13)19-15/h6-8,10H,3-5,9H2,1-2H3. The van der Waals surface area contributed by atoms with Crippen LogP contribution in [0.2, 0.25) is 0 Å². The van der Waals surface area contributed by atoms with Gasteiger partial charge in [0.2, 0.25) is 0 Å². The first-order valence-corrected chi connectivity index (χ1v) is 7.08. The number of aromatic nitrogens is 2. The summed E-state index contributed by atoms with van der Waals surface area (Å²) in [6.45, 7) is 1.86. The zero-order valence-electron chi connectivity index (χ0n) is 12.2. The van der Waals surface area contributed by atoms with Gasteiger partial charge in [-0.25, -0.2) is 13.8 Å². The van der Waals surface area contributed by atoms with Crippen molar-refractivity contribution in [3.63, 3.8) is 0 Å². The van der Waals surface area contributed by atoms with Crippen LogP contribution in [0, 0.1) is 11.6 Å². The van der Waals surface area contributed by atoms with Gasteiger partial charge >= 0.3 is 0 Å². The number of hydrogen-bond acceptors (Lipinski definition) is 4. The minimum atomic E-state index is -0.892. The highest BCUT2D eigenvalue weighted by molar-refractivity contribution is 5.75. The fraction of sp³-hybridized carbons (Fsp3) is 0.467. The van der Waals surface area contributed by atoms with E-state index < -0.39 is 11.6 Å². The van der Waals surface area contributed by atoms with Gasteiger partial charge in [-0.05, 0) is 26.9 Å². The molecule has 1 unspecified atom stereocenters. The fourth-order valence-corrected chi connectivity index (χ4v) is 2.89. The van der Waals surface area contributed by atoms with Crippen molar-refractivity contribution in [1.29, 1.82) is 0 Å². The lowest BCUT2D eigenvalue weighted by atomic mass is 10.2. The number of hydrogen-bond donors (Lipinski definition) is 0. The number of fused-ring (bicyclic) bond motifs is 1. The van der Waals surface area contributed by atoms with Crippen LogP contribution >= 0.6 is 0 Å². The third-order valence-electron chi connectivity index (χ3n) is 3.82. The maximum Gasteiger partial charge on any atom is 0.161 e. The van der Waals surface area contributed by atoms with E-state index in [4.69, 9.17) is 0 Å². The third-order valence-corrected chi connectivity index (χ3v) is 3.82. The van der Waals surface area contributed by atoms with Crippen LogP contribution in [0.25, 0.3) is 11.0 Å². The Morgan fingerprint density at radius 2 is 1.95 bits per heavy atom. The highest BCUT2D eigenvalue weighted by Gasteiger charge is 2.26. The highest BCUT2D eigenvalue weighted by atomic mass is 19.2. The Bertz CT molecular complexity index is 659. The van der Waals surface area contributed by atoms with Gasteiger partial charge < -0.3 is 9.80 Å². The van der Waals surface area contributed by atoms with Crippen molar-refractivity contribution in [3.05, 3.63) is 30.0 Å². The Morgan fingerprint density at radius 3 is 2.67 bits per heavy atom. The lowest BCUT2D eigenvalue weighted by molar-refractivity contribution is 0.371. The minimum absolute atomic E-state index is 0.376. The second-order valence-electron chi connectivity index (χ2n) is 5.73. The molecule has 21 heavy (non-hydrogen) atoms. The summed E-state index contributed by atoms with van der Waals surface area (Å²) in [5, 5.41) is 0. The molecule has 0 spiro atoms. The van der Waals surface area contributed by atoms with Crippen molar-refractivity contribution in [2.75, 3.05) is 32.1 Å². The van der Waals surface area contributed by atoms with Crippen LogP contribution in [0.4, 0.5) is 14.6 Å². The molecule has 1 aromatic heterocycles. The van der Waals surface area contributed by atoms with Crippen LogP contribution in [0.15, 0.2) is 18.3 Å². The summed E-state index contributed by atoms with van der Waals surface area (Å²) in [6.07, 6.45) is 3.86. The van der Waals surface area contributed by atoms with Crippen molar-refractivity contribution in [2.45, 2.75) is 18.9 Å². The van der Waals surface area contributed by atoms with Gasteiger partial charge in [0.25, 0.3) is 0 Å². The van der Waals surface area contributed by atoms with Gasteiger partial charge in [0, 0.05) is 31.3 Å². The van der Waals surface area contributed by atoms with Crippen LogP contribution in [-0.4, -0.2) is 48.1 Å². The van der Waals surface area contributed by atoms with Crippen molar-refractivity contribution in [2.24, 2.45) is 0 Å². The van der Waals surface area contributed by atoms with Gasteiger partial charge in [-0.2, -0.15) is 0 Å². The van der Waals surface area contributed by atoms with Gasteiger partial charge in [0.05, 0.1) is 17.2 Å². The molecule has 1 aliphatic rings. The number of anilines is 1. The summed E-state index contributed by atoms with van der Waals surface area (Å²) in [7, 11) is 4.08. The number of likely N-dealkylation sites (N-methyl/N-ethyl adjacent to an activating group) is 1. The molecule has 1 fully saturated rings. The van der Waals surface area contributed by atoms with Gasteiger partial charge in [0.15, 0.2) is 11.6 Å². The van der Waals surface area contributed by atoms with E-state index in [0.29, 0.717) is 17.1 Å². The summed E-state index contributed by atoms with van der Waals surface area (Å²) in [6, 6.07) is 2.58.